The molecule has 18 heteroatoms. The molecule has 0 spiro atoms. The van der Waals surface area contributed by atoms with Crippen molar-refractivity contribution in [1.82, 2.24) is 33.1 Å². The molecule has 3 N–H and O–H groups in total. The molecule has 0 aliphatic rings. The van der Waals surface area contributed by atoms with Crippen molar-refractivity contribution in [2.24, 2.45) is 30.7 Å². The van der Waals surface area contributed by atoms with Crippen molar-refractivity contribution in [3.05, 3.63) is 30.2 Å². The van der Waals surface area contributed by atoms with Crippen LogP contribution in [0.25, 0.3) is 11.0 Å². The van der Waals surface area contributed by atoms with E-state index in [9.17, 15) is 5.11 Å². The summed E-state index contributed by atoms with van der Waals surface area (Å²) in [6.07, 6.45) is 2.97. The molecule has 4 aromatic heterocycles. The number of benzene rings is 1. The molecule has 174 valence electrons. The summed E-state index contributed by atoms with van der Waals surface area (Å²) in [5, 5.41) is 37.2. The Morgan fingerprint density at radius 1 is 0.829 bits per heavy atom. The zero-order valence-corrected chi connectivity index (χ0v) is 20.2. The summed E-state index contributed by atoms with van der Waals surface area (Å²) in [7, 11) is 0. The number of hydrogen-bond donors (Lipinski definition) is 2. The Morgan fingerprint density at radius 3 is 2.20 bits per heavy atom. The van der Waals surface area contributed by atoms with Gasteiger partial charge in [-0.05, 0) is 31.4 Å². The minimum atomic E-state index is -0.355. The highest BCUT2D eigenvalue weighted by Crippen LogP contribution is 2.48. The van der Waals surface area contributed by atoms with Crippen LogP contribution in [-0.4, -0.2) is 38.2 Å². The molecule has 4 heterocycles. The van der Waals surface area contributed by atoms with Crippen molar-refractivity contribution in [1.29, 1.82) is 0 Å². The minimum Gasteiger partial charge on any atom is -0.504 e. The Labute approximate surface area is 207 Å². The quantitative estimate of drug-likeness (QED) is 0.198. The predicted octanol–water partition coefficient (Wildman–Crippen LogP) is 5.94. The van der Waals surface area contributed by atoms with Gasteiger partial charge in [0.2, 0.25) is 10.3 Å². The lowest BCUT2D eigenvalue weighted by Crippen LogP contribution is -1.87. The second-order valence-electron chi connectivity index (χ2n) is 6.62. The summed E-state index contributed by atoms with van der Waals surface area (Å²) in [6, 6.07) is 1.42. The molecule has 0 aliphatic heterocycles. The topological polar surface area (TPSA) is 211 Å². The average Bonchev–Trinajstić information content (AvgIpc) is 3.58. The van der Waals surface area contributed by atoms with Gasteiger partial charge in [-0.2, -0.15) is 13.1 Å². The van der Waals surface area contributed by atoms with Gasteiger partial charge in [-0.15, -0.1) is 30.7 Å². The van der Waals surface area contributed by atoms with Crippen molar-refractivity contribution in [3.63, 3.8) is 0 Å². The predicted molar refractivity (Wildman–Crippen MR) is 130 cm³/mol. The number of rotatable bonds is 6. The first-order valence-corrected chi connectivity index (χ1v) is 11.9. The van der Waals surface area contributed by atoms with Crippen LogP contribution in [0.4, 0.5) is 38.0 Å². The number of phenols is 1. The molecule has 0 fully saturated rings. The smallest absolute Gasteiger partial charge is 0.249 e. The Kier molecular flexibility index (Phi) is 6.12. The zero-order valence-electron chi connectivity index (χ0n) is 17.8. The van der Waals surface area contributed by atoms with Crippen LogP contribution in [0, 0.1) is 13.8 Å². The summed E-state index contributed by atoms with van der Waals surface area (Å²) in [4.78, 5) is 16.3. The fraction of sp³-hybridized carbons (Fsp3) is 0.118. The first kappa shape index (κ1) is 22.5. The van der Waals surface area contributed by atoms with Gasteiger partial charge in [0.1, 0.15) is 29.4 Å². The molecule has 0 aliphatic carbocycles. The largest absolute Gasteiger partial charge is 0.504 e. The number of azo groups is 3. The number of nitrogens with two attached hydrogens (primary N) is 1. The molecular formula is C17H12N14OS3. The highest BCUT2D eigenvalue weighted by atomic mass is 32.1. The Bertz CT molecular complexity index is 1620. The standard InChI is InChI=1S/C17H12N14OS3/c1-6-21-16(34-29-6)27-23-9-3-10(24-26-15-8-4-19-5-20-14(8)31-33-15)13(32)12(11(9)18)25-28-17-22-7(2)30-35-17/h3-5,32H,18H2,1-2H3/b26-24+,27-23+,28-25+. The Hall–Kier alpha value is -4.29. The van der Waals surface area contributed by atoms with Crippen LogP contribution in [0.5, 0.6) is 5.75 Å². The molecule has 0 radical (unpaired) electrons. The zero-order chi connectivity index (χ0) is 24.4. The van der Waals surface area contributed by atoms with E-state index in [1.54, 1.807) is 20.0 Å². The first-order chi connectivity index (χ1) is 17.0. The Morgan fingerprint density at radius 2 is 1.51 bits per heavy atom. The third-order valence-electron chi connectivity index (χ3n) is 4.17. The van der Waals surface area contributed by atoms with Gasteiger partial charge in [0.15, 0.2) is 22.1 Å². The van der Waals surface area contributed by atoms with E-state index < -0.39 is 0 Å². The molecular weight excluding hydrogens is 512 g/mol. The van der Waals surface area contributed by atoms with E-state index in [1.165, 1.54) is 12.4 Å². The summed E-state index contributed by atoms with van der Waals surface area (Å²) in [6.45, 7) is 3.47. The van der Waals surface area contributed by atoms with Gasteiger partial charge in [-0.3, -0.25) is 0 Å². The summed E-state index contributed by atoms with van der Waals surface area (Å²) >= 11 is 3.22. The third-order valence-corrected chi connectivity index (χ3v) is 6.29. The monoisotopic (exact) mass is 524 g/mol. The highest BCUT2D eigenvalue weighted by molar-refractivity contribution is 7.11. The van der Waals surface area contributed by atoms with Gasteiger partial charge in [0.25, 0.3) is 0 Å². The SMILES string of the molecule is Cc1nsc(/N=N/c2cc(/N=N/c3snc4ncncc34)c(O)c(/N=N/c3nc(C)ns3)c2N)n1. The Balaban J connectivity index is 1.57. The molecule has 5 rings (SSSR count). The van der Waals surface area contributed by atoms with Crippen molar-refractivity contribution in [2.75, 3.05) is 5.73 Å². The number of nitrogen functional groups attached to an aromatic ring is 1. The molecule has 0 atom stereocenters. The van der Waals surface area contributed by atoms with E-state index in [0.29, 0.717) is 32.8 Å². The van der Waals surface area contributed by atoms with Crippen LogP contribution in [-0.2, 0) is 0 Å². The van der Waals surface area contributed by atoms with Gasteiger partial charge in [0, 0.05) is 29.3 Å². The summed E-state index contributed by atoms with van der Waals surface area (Å²) in [5.41, 5.74) is 6.86. The van der Waals surface area contributed by atoms with Crippen LogP contribution in [0.3, 0.4) is 0 Å². The number of anilines is 1. The third kappa shape index (κ3) is 4.83. The van der Waals surface area contributed by atoms with E-state index in [1.807, 2.05) is 0 Å². The maximum atomic E-state index is 10.9. The van der Waals surface area contributed by atoms with E-state index >= 15 is 0 Å². The van der Waals surface area contributed by atoms with Crippen molar-refractivity contribution in [2.45, 2.75) is 13.8 Å². The van der Waals surface area contributed by atoms with E-state index in [0.717, 1.165) is 34.6 Å². The van der Waals surface area contributed by atoms with Crippen LogP contribution in [0.1, 0.15) is 11.6 Å². The maximum absolute atomic E-state index is 10.9. The number of fused-ring (bicyclic) bond motifs is 1. The highest BCUT2D eigenvalue weighted by Gasteiger charge is 2.17. The second kappa shape index (κ2) is 9.52. The van der Waals surface area contributed by atoms with Crippen molar-refractivity contribution in [3.8, 4) is 5.75 Å². The lowest BCUT2D eigenvalue weighted by Gasteiger charge is -2.07. The second-order valence-corrected chi connectivity index (χ2v) is 8.83. The molecule has 35 heavy (non-hydrogen) atoms. The van der Waals surface area contributed by atoms with Gasteiger partial charge in [-0.25, -0.2) is 19.9 Å². The van der Waals surface area contributed by atoms with E-state index in [4.69, 9.17) is 5.73 Å². The molecule has 0 unspecified atom stereocenters. The van der Waals surface area contributed by atoms with Crippen LogP contribution >= 0.6 is 34.6 Å². The van der Waals surface area contributed by atoms with Gasteiger partial charge < -0.3 is 10.8 Å². The lowest BCUT2D eigenvalue weighted by molar-refractivity contribution is 0.478. The van der Waals surface area contributed by atoms with E-state index in [-0.39, 0.29) is 33.6 Å². The van der Waals surface area contributed by atoms with Gasteiger partial charge >= 0.3 is 0 Å². The summed E-state index contributed by atoms with van der Waals surface area (Å²) in [5.74, 6) is 0.762. The first-order valence-electron chi connectivity index (χ1n) is 9.54. The molecule has 0 saturated heterocycles. The molecule has 0 amide bonds. The maximum Gasteiger partial charge on any atom is 0.249 e. The number of aryl methyl sites for hydroxylation is 2. The molecule has 0 bridgehead atoms. The van der Waals surface area contributed by atoms with Crippen molar-refractivity contribution < 1.29 is 5.11 Å². The lowest BCUT2D eigenvalue weighted by atomic mass is 10.2. The summed E-state index contributed by atoms with van der Waals surface area (Å²) < 4.78 is 12.3. The molecule has 15 nitrogen and oxygen atoms in total. The van der Waals surface area contributed by atoms with Crippen LogP contribution in [0.2, 0.25) is 0 Å². The molecule has 0 saturated carbocycles. The number of nitrogens with zero attached hydrogens (tertiary/aromatic N) is 13. The van der Waals surface area contributed by atoms with Gasteiger partial charge in [0.05, 0.1) is 11.1 Å². The number of phenolic OH excluding ortho intramolecular Hbond substituents is 1. The van der Waals surface area contributed by atoms with E-state index in [2.05, 4.69) is 63.7 Å². The number of hydrogen-bond acceptors (Lipinski definition) is 18. The normalized spacial score (nSPS) is 12.2. The van der Waals surface area contributed by atoms with Gasteiger partial charge in [-0.1, -0.05) is 0 Å². The van der Waals surface area contributed by atoms with Crippen molar-refractivity contribution >= 4 is 83.6 Å². The fourth-order valence-electron chi connectivity index (χ4n) is 2.60. The molecule has 1 aromatic carbocycles. The fourth-order valence-corrected chi connectivity index (χ4v) is 4.25. The minimum absolute atomic E-state index is 0.0214. The number of aromatic hydroxyl groups is 1. The van der Waals surface area contributed by atoms with Crippen LogP contribution in [0.15, 0.2) is 49.3 Å². The molecule has 5 aromatic rings. The van der Waals surface area contributed by atoms with Crippen LogP contribution < -0.4 is 5.73 Å². The number of aromatic nitrogens is 7. The average molecular weight is 525 g/mol.